The number of para-hydroxylation sites is 1. The van der Waals surface area contributed by atoms with Gasteiger partial charge in [0.05, 0.1) is 23.4 Å². The molecule has 4 heteroatoms. The summed E-state index contributed by atoms with van der Waals surface area (Å²) in [6.07, 6.45) is 2.37. The van der Waals surface area contributed by atoms with Crippen LogP contribution in [0.5, 0.6) is 0 Å². The molecule has 0 radical (unpaired) electrons. The maximum atomic E-state index is 6.33. The van der Waals surface area contributed by atoms with Gasteiger partial charge in [-0.2, -0.15) is 0 Å². The monoisotopic (exact) mass is 356 g/mol. The Bertz CT molecular complexity index is 713. The number of ether oxygens (including phenoxy) is 1. The fourth-order valence-corrected chi connectivity index (χ4v) is 4.19. The van der Waals surface area contributed by atoms with Crippen molar-refractivity contribution in [2.75, 3.05) is 44.2 Å². The van der Waals surface area contributed by atoms with E-state index in [0.717, 1.165) is 62.9 Å². The molecule has 2 aliphatic rings. The smallest absolute Gasteiger partial charge is 0.0839 e. The molecule has 2 aromatic rings. The van der Waals surface area contributed by atoms with E-state index >= 15 is 0 Å². The minimum atomic E-state index is 0.256. The molecule has 132 valence electrons. The van der Waals surface area contributed by atoms with Crippen LogP contribution in [-0.4, -0.2) is 44.2 Å². The summed E-state index contributed by atoms with van der Waals surface area (Å²) in [6.45, 7) is 6.17. The van der Waals surface area contributed by atoms with Gasteiger partial charge in [-0.05, 0) is 36.1 Å². The first-order chi connectivity index (χ1) is 12.3. The van der Waals surface area contributed by atoms with Gasteiger partial charge >= 0.3 is 0 Å². The third-order valence-electron chi connectivity index (χ3n) is 5.37. The summed E-state index contributed by atoms with van der Waals surface area (Å²) in [6, 6.07) is 16.9. The van der Waals surface area contributed by atoms with Gasteiger partial charge < -0.3 is 9.64 Å². The van der Waals surface area contributed by atoms with Crippen LogP contribution in [0.3, 0.4) is 0 Å². The Labute approximate surface area is 155 Å². The largest absolute Gasteiger partial charge is 0.373 e. The van der Waals surface area contributed by atoms with E-state index in [1.165, 1.54) is 11.1 Å². The van der Waals surface area contributed by atoms with E-state index in [4.69, 9.17) is 16.3 Å². The predicted octanol–water partition coefficient (Wildman–Crippen LogP) is 4.17. The molecular weight excluding hydrogens is 332 g/mol. The maximum absolute atomic E-state index is 6.33. The molecule has 1 atom stereocenters. The number of hydrogen-bond donors (Lipinski definition) is 0. The SMILES string of the molecule is Clc1ccccc1N1CCN(CCC2OCCc3ccccc32)CC1. The van der Waals surface area contributed by atoms with Crippen LogP contribution in [0.15, 0.2) is 48.5 Å². The molecule has 0 spiro atoms. The van der Waals surface area contributed by atoms with Crippen molar-refractivity contribution in [3.05, 3.63) is 64.7 Å². The molecule has 0 aliphatic carbocycles. The number of fused-ring (bicyclic) bond motifs is 1. The first-order valence-electron chi connectivity index (χ1n) is 9.22. The van der Waals surface area contributed by atoms with Crippen molar-refractivity contribution in [2.24, 2.45) is 0 Å². The molecular formula is C21H25ClN2O. The van der Waals surface area contributed by atoms with Crippen molar-refractivity contribution in [3.8, 4) is 0 Å². The number of nitrogens with zero attached hydrogens (tertiary/aromatic N) is 2. The Kier molecular flexibility index (Phi) is 5.25. The van der Waals surface area contributed by atoms with Crippen LogP contribution in [0, 0.1) is 0 Å². The topological polar surface area (TPSA) is 15.7 Å². The van der Waals surface area contributed by atoms with Crippen LogP contribution >= 0.6 is 11.6 Å². The molecule has 2 aliphatic heterocycles. The second kappa shape index (κ2) is 7.77. The molecule has 0 N–H and O–H groups in total. The molecule has 0 aromatic heterocycles. The van der Waals surface area contributed by atoms with Gasteiger partial charge in [0.15, 0.2) is 0 Å². The minimum Gasteiger partial charge on any atom is -0.373 e. The molecule has 1 fully saturated rings. The summed E-state index contributed by atoms with van der Waals surface area (Å²) in [5, 5.41) is 0.850. The normalized spacial score (nSPS) is 21.2. The van der Waals surface area contributed by atoms with Crippen LogP contribution < -0.4 is 4.90 Å². The van der Waals surface area contributed by atoms with Gasteiger partial charge in [-0.3, -0.25) is 4.90 Å². The first kappa shape index (κ1) is 16.9. The van der Waals surface area contributed by atoms with E-state index in [0.29, 0.717) is 0 Å². The van der Waals surface area contributed by atoms with Gasteiger partial charge in [0.25, 0.3) is 0 Å². The first-order valence-corrected chi connectivity index (χ1v) is 9.60. The Morgan fingerprint density at radius 1 is 0.960 bits per heavy atom. The van der Waals surface area contributed by atoms with E-state index in [1.807, 2.05) is 12.1 Å². The number of benzene rings is 2. The average molecular weight is 357 g/mol. The summed E-state index contributed by atoms with van der Waals surface area (Å²) >= 11 is 6.33. The fourth-order valence-electron chi connectivity index (χ4n) is 3.94. The van der Waals surface area contributed by atoms with Crippen molar-refractivity contribution < 1.29 is 4.74 Å². The summed E-state index contributed by atoms with van der Waals surface area (Å²) in [7, 11) is 0. The van der Waals surface area contributed by atoms with Crippen molar-refractivity contribution >= 4 is 17.3 Å². The standard InChI is InChI=1S/C21H25ClN2O/c22-19-7-3-4-8-20(19)24-14-12-23(13-15-24)11-9-21-18-6-2-1-5-17(18)10-16-25-21/h1-8,21H,9-16H2. The number of anilines is 1. The van der Waals surface area contributed by atoms with Crippen LogP contribution in [0.2, 0.25) is 5.02 Å². The molecule has 1 unspecified atom stereocenters. The highest BCUT2D eigenvalue weighted by atomic mass is 35.5. The summed E-state index contributed by atoms with van der Waals surface area (Å²) in [5.41, 5.74) is 4.01. The molecule has 2 heterocycles. The Hall–Kier alpha value is -1.55. The zero-order valence-corrected chi connectivity index (χ0v) is 15.3. The van der Waals surface area contributed by atoms with Crippen LogP contribution in [0.1, 0.15) is 23.7 Å². The zero-order chi connectivity index (χ0) is 17.1. The summed E-state index contributed by atoms with van der Waals surface area (Å²) in [4.78, 5) is 4.94. The average Bonchev–Trinajstić information content (AvgIpc) is 2.67. The van der Waals surface area contributed by atoms with E-state index in [2.05, 4.69) is 46.2 Å². The van der Waals surface area contributed by atoms with Crippen LogP contribution in [0.4, 0.5) is 5.69 Å². The van der Waals surface area contributed by atoms with E-state index in [-0.39, 0.29) is 6.10 Å². The third-order valence-corrected chi connectivity index (χ3v) is 5.68. The summed E-state index contributed by atoms with van der Waals surface area (Å²) < 4.78 is 6.05. The Morgan fingerprint density at radius 2 is 1.72 bits per heavy atom. The lowest BCUT2D eigenvalue weighted by atomic mass is 9.95. The lowest BCUT2D eigenvalue weighted by Gasteiger charge is -2.37. The van der Waals surface area contributed by atoms with Crippen molar-refractivity contribution in [1.82, 2.24) is 4.90 Å². The maximum Gasteiger partial charge on any atom is 0.0839 e. The quantitative estimate of drug-likeness (QED) is 0.817. The van der Waals surface area contributed by atoms with Gasteiger partial charge in [0.1, 0.15) is 0 Å². The molecule has 0 amide bonds. The Balaban J connectivity index is 1.31. The van der Waals surface area contributed by atoms with Gasteiger partial charge in [0.2, 0.25) is 0 Å². The molecule has 0 saturated carbocycles. The number of rotatable bonds is 4. The lowest BCUT2D eigenvalue weighted by Crippen LogP contribution is -2.47. The van der Waals surface area contributed by atoms with Crippen LogP contribution in [0.25, 0.3) is 0 Å². The van der Waals surface area contributed by atoms with E-state index in [1.54, 1.807) is 0 Å². The molecule has 2 aromatic carbocycles. The zero-order valence-electron chi connectivity index (χ0n) is 14.5. The van der Waals surface area contributed by atoms with Crippen LogP contribution in [-0.2, 0) is 11.2 Å². The molecule has 25 heavy (non-hydrogen) atoms. The predicted molar refractivity (Wildman–Crippen MR) is 104 cm³/mol. The second-order valence-corrected chi connectivity index (χ2v) is 7.28. The van der Waals surface area contributed by atoms with E-state index in [9.17, 15) is 0 Å². The van der Waals surface area contributed by atoms with Crippen molar-refractivity contribution in [2.45, 2.75) is 18.9 Å². The lowest BCUT2D eigenvalue weighted by molar-refractivity contribution is 0.0289. The highest BCUT2D eigenvalue weighted by molar-refractivity contribution is 6.33. The van der Waals surface area contributed by atoms with E-state index < -0.39 is 0 Å². The Morgan fingerprint density at radius 3 is 2.56 bits per heavy atom. The molecule has 3 nitrogen and oxygen atoms in total. The number of hydrogen-bond acceptors (Lipinski definition) is 3. The second-order valence-electron chi connectivity index (χ2n) is 6.88. The summed E-state index contributed by atoms with van der Waals surface area (Å²) in [5.74, 6) is 0. The molecule has 0 bridgehead atoms. The molecule has 1 saturated heterocycles. The van der Waals surface area contributed by atoms with Gasteiger partial charge in [-0.25, -0.2) is 0 Å². The van der Waals surface area contributed by atoms with Gasteiger partial charge in [0, 0.05) is 32.7 Å². The molecule has 4 rings (SSSR count). The number of halogens is 1. The van der Waals surface area contributed by atoms with Gasteiger partial charge in [-0.1, -0.05) is 48.0 Å². The minimum absolute atomic E-state index is 0.256. The highest BCUT2D eigenvalue weighted by Gasteiger charge is 2.23. The third kappa shape index (κ3) is 3.84. The highest BCUT2D eigenvalue weighted by Crippen LogP contribution is 2.30. The fraction of sp³-hybridized carbons (Fsp3) is 0.429. The van der Waals surface area contributed by atoms with Crippen molar-refractivity contribution in [3.63, 3.8) is 0 Å². The van der Waals surface area contributed by atoms with Gasteiger partial charge in [-0.15, -0.1) is 0 Å². The number of piperazine rings is 1. The van der Waals surface area contributed by atoms with Crippen molar-refractivity contribution in [1.29, 1.82) is 0 Å².